The van der Waals surface area contributed by atoms with Crippen LogP contribution in [0, 0.1) is 5.92 Å². The zero-order valence-corrected chi connectivity index (χ0v) is 12.2. The Balaban J connectivity index is 2.56. The van der Waals surface area contributed by atoms with Gasteiger partial charge in [-0.05, 0) is 12.8 Å². The molecule has 0 aliphatic heterocycles. The minimum atomic E-state index is -5.88. The Labute approximate surface area is 120 Å². The zero-order chi connectivity index (χ0) is 16.4. The summed E-state index contributed by atoms with van der Waals surface area (Å²) in [6.45, 7) is 3.25. The second-order valence-electron chi connectivity index (χ2n) is 5.05. The highest BCUT2D eigenvalue weighted by molar-refractivity contribution is 7.87. The molecule has 1 N–H and O–H groups in total. The first kappa shape index (κ1) is 17.8. The minimum absolute atomic E-state index is 0.00571. The molecule has 0 radical (unpaired) electrons. The second-order valence-corrected chi connectivity index (χ2v) is 6.51. The topological polar surface area (TPSA) is 107 Å². The maximum atomic E-state index is 13.0. The van der Waals surface area contributed by atoms with Gasteiger partial charge in [0, 0.05) is 6.42 Å². The van der Waals surface area contributed by atoms with E-state index in [1.807, 2.05) is 0 Å². The van der Waals surface area contributed by atoms with Gasteiger partial charge in [0.05, 0.1) is 5.92 Å². The molecule has 0 amide bonds. The Hall–Kier alpha value is -1.29. The molecule has 122 valence electrons. The summed E-state index contributed by atoms with van der Waals surface area (Å²) < 4.78 is 64.4. The monoisotopic (exact) mass is 330 g/mol. The number of carbonyl (C=O) groups is 2. The van der Waals surface area contributed by atoms with Crippen LogP contribution in [-0.4, -0.2) is 42.4 Å². The molecule has 1 rings (SSSR count). The number of hydrogen-bond acceptors (Lipinski definition) is 6. The predicted molar refractivity (Wildman–Crippen MR) is 64.9 cm³/mol. The van der Waals surface area contributed by atoms with E-state index in [0.29, 0.717) is 6.42 Å². The van der Waals surface area contributed by atoms with Crippen molar-refractivity contribution in [2.45, 2.75) is 50.6 Å². The Morgan fingerprint density at radius 3 is 2.10 bits per heavy atom. The fraction of sp³-hybridized carbons (Fsp3) is 0.818. The van der Waals surface area contributed by atoms with Gasteiger partial charge in [-0.3, -0.25) is 9.35 Å². The summed E-state index contributed by atoms with van der Waals surface area (Å²) >= 11 is 0. The van der Waals surface area contributed by atoms with Gasteiger partial charge in [0.15, 0.2) is 0 Å². The normalized spacial score (nSPS) is 23.1. The largest absolute Gasteiger partial charge is 0.465 e. The first-order valence-corrected chi connectivity index (χ1v) is 7.65. The molecule has 0 aromatic heterocycles. The summed E-state index contributed by atoms with van der Waals surface area (Å²) in [5.74, 6) is -3.16. The van der Waals surface area contributed by atoms with Crippen molar-refractivity contribution >= 4 is 22.1 Å². The number of alkyl halides is 2. The highest BCUT2D eigenvalue weighted by atomic mass is 32.2. The molecule has 0 spiro atoms. The average Bonchev–Trinajstić information content (AvgIpc) is 2.74. The number of halogens is 2. The van der Waals surface area contributed by atoms with Crippen molar-refractivity contribution in [3.63, 3.8) is 0 Å². The van der Waals surface area contributed by atoms with Gasteiger partial charge in [-0.2, -0.15) is 17.2 Å². The van der Waals surface area contributed by atoms with Gasteiger partial charge in [-0.1, -0.05) is 13.8 Å². The summed E-state index contributed by atoms with van der Waals surface area (Å²) in [7, 11) is -5.88. The molecule has 0 saturated heterocycles. The van der Waals surface area contributed by atoms with Crippen molar-refractivity contribution in [3.05, 3.63) is 0 Å². The van der Waals surface area contributed by atoms with Gasteiger partial charge in [0.1, 0.15) is 12.2 Å². The van der Waals surface area contributed by atoms with Gasteiger partial charge in [-0.15, -0.1) is 0 Å². The van der Waals surface area contributed by atoms with Crippen molar-refractivity contribution in [2.75, 3.05) is 0 Å². The van der Waals surface area contributed by atoms with E-state index in [1.54, 1.807) is 13.8 Å². The standard InChI is InChI=1S/C11H16F2O7S/c1-6(2)9(14)19-7-3-4-8(5-7)20-10(15)11(12,13)21(16,17)18/h6-8H,3-5H2,1-2H3,(H,16,17,18). The minimum Gasteiger partial charge on any atom is -0.462 e. The van der Waals surface area contributed by atoms with E-state index in [2.05, 4.69) is 4.74 Å². The van der Waals surface area contributed by atoms with Crippen molar-refractivity contribution in [2.24, 2.45) is 5.92 Å². The fourth-order valence-corrected chi connectivity index (χ4v) is 2.00. The van der Waals surface area contributed by atoms with Crippen molar-refractivity contribution < 1.29 is 40.8 Å². The molecule has 2 atom stereocenters. The van der Waals surface area contributed by atoms with Gasteiger partial charge in [-0.25, -0.2) is 4.79 Å². The third-order valence-corrected chi connectivity index (χ3v) is 3.74. The lowest BCUT2D eigenvalue weighted by Crippen LogP contribution is -2.40. The zero-order valence-electron chi connectivity index (χ0n) is 11.4. The molecule has 1 fully saturated rings. The van der Waals surface area contributed by atoms with Crippen LogP contribution in [0.4, 0.5) is 8.78 Å². The molecule has 0 aromatic rings. The van der Waals surface area contributed by atoms with Crippen molar-refractivity contribution in [1.29, 1.82) is 0 Å². The summed E-state index contributed by atoms with van der Waals surface area (Å²) in [4.78, 5) is 22.4. The quantitative estimate of drug-likeness (QED) is 0.595. The molecule has 21 heavy (non-hydrogen) atoms. The van der Waals surface area contributed by atoms with E-state index in [-0.39, 0.29) is 18.8 Å². The van der Waals surface area contributed by atoms with Crippen LogP contribution in [0.3, 0.4) is 0 Å². The number of carbonyl (C=O) groups excluding carboxylic acids is 2. The van der Waals surface area contributed by atoms with E-state index in [1.165, 1.54) is 0 Å². The first-order valence-electron chi connectivity index (χ1n) is 6.21. The molecule has 7 nitrogen and oxygen atoms in total. The molecule has 0 bridgehead atoms. The third-order valence-electron chi connectivity index (χ3n) is 2.93. The fourth-order valence-electron chi connectivity index (χ4n) is 1.74. The third kappa shape index (κ3) is 4.34. The van der Waals surface area contributed by atoms with Crippen LogP contribution in [-0.2, 0) is 29.2 Å². The van der Waals surface area contributed by atoms with E-state index < -0.39 is 39.5 Å². The van der Waals surface area contributed by atoms with Crippen LogP contribution in [0.5, 0.6) is 0 Å². The van der Waals surface area contributed by atoms with E-state index >= 15 is 0 Å². The summed E-state index contributed by atoms with van der Waals surface area (Å²) in [6, 6.07) is 0. The van der Waals surface area contributed by atoms with Crippen LogP contribution in [0.2, 0.25) is 0 Å². The van der Waals surface area contributed by atoms with Gasteiger partial charge >= 0.3 is 27.3 Å². The number of rotatable bonds is 5. The maximum absolute atomic E-state index is 13.0. The molecule has 1 aliphatic carbocycles. The molecule has 1 aliphatic rings. The van der Waals surface area contributed by atoms with Crippen molar-refractivity contribution in [1.82, 2.24) is 0 Å². The number of esters is 2. The Bertz CT molecular complexity index is 515. The lowest BCUT2D eigenvalue weighted by molar-refractivity contribution is -0.167. The summed E-state index contributed by atoms with van der Waals surface area (Å²) in [5.41, 5.74) is 0. The molecule has 0 aromatic carbocycles. The Morgan fingerprint density at radius 1 is 1.19 bits per heavy atom. The van der Waals surface area contributed by atoms with E-state index in [0.717, 1.165) is 0 Å². The SMILES string of the molecule is CC(C)C(=O)OC1CCC(OC(=O)C(F)(F)S(=O)(=O)O)C1. The number of hydrogen-bond donors (Lipinski definition) is 1. The Morgan fingerprint density at radius 2 is 1.67 bits per heavy atom. The van der Waals surface area contributed by atoms with Crippen LogP contribution in [0.15, 0.2) is 0 Å². The lowest BCUT2D eigenvalue weighted by Gasteiger charge is -2.17. The molecule has 2 unspecified atom stereocenters. The number of ether oxygens (including phenoxy) is 2. The van der Waals surface area contributed by atoms with Crippen LogP contribution >= 0.6 is 0 Å². The van der Waals surface area contributed by atoms with Crippen LogP contribution in [0.25, 0.3) is 0 Å². The predicted octanol–water partition coefficient (Wildman–Crippen LogP) is 1.13. The second kappa shape index (κ2) is 6.22. The molecule has 0 heterocycles. The van der Waals surface area contributed by atoms with Crippen molar-refractivity contribution in [3.8, 4) is 0 Å². The molecular formula is C11H16F2O7S. The highest BCUT2D eigenvalue weighted by Gasteiger charge is 2.55. The van der Waals surface area contributed by atoms with Crippen LogP contribution in [0.1, 0.15) is 33.1 Å². The summed E-state index contributed by atoms with van der Waals surface area (Å²) in [6.07, 6.45) is -1.09. The van der Waals surface area contributed by atoms with Gasteiger partial charge < -0.3 is 9.47 Å². The highest BCUT2D eigenvalue weighted by Crippen LogP contribution is 2.29. The molecule has 1 saturated carbocycles. The molecule has 10 heteroatoms. The first-order chi connectivity index (χ1) is 9.45. The maximum Gasteiger partial charge on any atom is 0.465 e. The van der Waals surface area contributed by atoms with E-state index in [4.69, 9.17) is 9.29 Å². The average molecular weight is 330 g/mol. The smallest absolute Gasteiger partial charge is 0.462 e. The molecular weight excluding hydrogens is 314 g/mol. The Kier molecular flexibility index (Phi) is 5.26. The van der Waals surface area contributed by atoms with Gasteiger partial charge in [0.2, 0.25) is 0 Å². The van der Waals surface area contributed by atoms with Gasteiger partial charge in [0.25, 0.3) is 0 Å². The van der Waals surface area contributed by atoms with E-state index in [9.17, 15) is 26.8 Å². The summed E-state index contributed by atoms with van der Waals surface area (Å²) in [5, 5.41) is -5.01. The lowest BCUT2D eigenvalue weighted by atomic mass is 10.2. The van der Waals surface area contributed by atoms with Crippen LogP contribution < -0.4 is 0 Å².